The van der Waals surface area contributed by atoms with E-state index in [0.717, 1.165) is 79.2 Å². The average molecular weight is 498 g/mol. The lowest BCUT2D eigenvalue weighted by Crippen LogP contribution is -2.37. The molecule has 1 aromatic carbocycles. The second-order valence-electron chi connectivity index (χ2n) is 9.39. The van der Waals surface area contributed by atoms with Gasteiger partial charge in [-0.2, -0.15) is 9.61 Å². The molecule has 0 spiro atoms. The summed E-state index contributed by atoms with van der Waals surface area (Å²) in [7, 11) is 0. The zero-order valence-electron chi connectivity index (χ0n) is 21.1. The van der Waals surface area contributed by atoms with Crippen LogP contribution in [0.2, 0.25) is 0 Å². The molecular weight excluding hydrogens is 466 g/mol. The van der Waals surface area contributed by atoms with Gasteiger partial charge in [0.15, 0.2) is 5.65 Å². The van der Waals surface area contributed by atoms with Crippen LogP contribution >= 0.6 is 0 Å². The molecule has 190 valence electrons. The molecule has 0 N–H and O–H groups in total. The van der Waals surface area contributed by atoms with Gasteiger partial charge in [-0.15, -0.1) is 0 Å². The van der Waals surface area contributed by atoms with E-state index in [2.05, 4.69) is 58.1 Å². The smallest absolute Gasteiger partial charge is 0.158 e. The van der Waals surface area contributed by atoms with Crippen LogP contribution in [0.15, 0.2) is 59.7 Å². The molecule has 9 nitrogen and oxygen atoms in total. The van der Waals surface area contributed by atoms with Gasteiger partial charge in [0.25, 0.3) is 0 Å². The minimum absolute atomic E-state index is 0.498. The number of fused-ring (bicyclic) bond motifs is 1. The first-order chi connectivity index (χ1) is 18.2. The quantitative estimate of drug-likeness (QED) is 0.378. The van der Waals surface area contributed by atoms with E-state index in [-0.39, 0.29) is 0 Å². The Morgan fingerprint density at radius 3 is 2.43 bits per heavy atom. The number of anilines is 2. The maximum Gasteiger partial charge on any atom is 0.158 e. The summed E-state index contributed by atoms with van der Waals surface area (Å²) in [6, 6.07) is 16.6. The van der Waals surface area contributed by atoms with Crippen molar-refractivity contribution in [2.24, 2.45) is 4.99 Å². The highest BCUT2D eigenvalue weighted by Gasteiger charge is 2.19. The fraction of sp³-hybridized carbons (Fsp3) is 0.357. The van der Waals surface area contributed by atoms with Crippen molar-refractivity contribution in [3.05, 3.63) is 71.5 Å². The Balaban J connectivity index is 1.30. The van der Waals surface area contributed by atoms with Gasteiger partial charge in [0.05, 0.1) is 44.4 Å². The maximum atomic E-state index is 5.59. The number of aliphatic imine (C=N–C) groups is 1. The minimum atomic E-state index is 0.498. The summed E-state index contributed by atoms with van der Waals surface area (Å²) in [4.78, 5) is 18.8. The Labute approximate surface area is 216 Å². The van der Waals surface area contributed by atoms with Gasteiger partial charge in [0.2, 0.25) is 0 Å². The Hall–Kier alpha value is -3.82. The largest absolute Gasteiger partial charge is 0.378 e. The van der Waals surface area contributed by atoms with Crippen LogP contribution in [0.3, 0.4) is 0 Å². The number of morpholine rings is 2. The molecule has 0 bridgehead atoms. The molecule has 0 radical (unpaired) electrons. The number of ether oxygens (including phenoxy) is 2. The number of aromatic nitrogens is 4. The van der Waals surface area contributed by atoms with Gasteiger partial charge in [0.1, 0.15) is 11.6 Å². The Bertz CT molecular complexity index is 1390. The first kappa shape index (κ1) is 23.6. The normalized spacial score (nSPS) is 16.7. The standard InChI is InChI=1S/C28H31N7O2/c1-21-3-2-4-22(15-21)18-29-20-24-16-28(34-9-13-37-14-10-34)35-27(31-24)17-25(32-35)23-5-6-26(30-19-23)33-7-11-36-12-8-33/h2-6,15-19H,7-14,20H2,1H3. The van der Waals surface area contributed by atoms with Crippen molar-refractivity contribution in [3.63, 3.8) is 0 Å². The third-order valence-electron chi connectivity index (χ3n) is 6.71. The summed E-state index contributed by atoms with van der Waals surface area (Å²) in [6.45, 7) is 8.82. The fourth-order valence-corrected chi connectivity index (χ4v) is 4.76. The number of rotatable bonds is 6. The van der Waals surface area contributed by atoms with Crippen LogP contribution in [0.4, 0.5) is 11.6 Å². The van der Waals surface area contributed by atoms with Gasteiger partial charge in [-0.25, -0.2) is 9.97 Å². The number of nitrogens with zero attached hydrogens (tertiary/aromatic N) is 7. The molecule has 5 heterocycles. The molecule has 3 aromatic heterocycles. The van der Waals surface area contributed by atoms with Gasteiger partial charge >= 0.3 is 0 Å². The summed E-state index contributed by atoms with van der Waals surface area (Å²) >= 11 is 0. The monoisotopic (exact) mass is 497 g/mol. The van der Waals surface area contributed by atoms with Crippen molar-refractivity contribution in [2.75, 3.05) is 62.4 Å². The van der Waals surface area contributed by atoms with Gasteiger partial charge in [-0.1, -0.05) is 29.8 Å². The Morgan fingerprint density at radius 2 is 1.70 bits per heavy atom. The molecule has 6 rings (SSSR count). The molecule has 0 unspecified atom stereocenters. The molecule has 9 heteroatoms. The van der Waals surface area contributed by atoms with Crippen LogP contribution in [-0.4, -0.2) is 78.4 Å². The third-order valence-corrected chi connectivity index (χ3v) is 6.71. The van der Waals surface area contributed by atoms with E-state index < -0.39 is 0 Å². The molecular formula is C28H31N7O2. The predicted molar refractivity (Wildman–Crippen MR) is 145 cm³/mol. The Kier molecular flexibility index (Phi) is 6.79. The van der Waals surface area contributed by atoms with Crippen molar-refractivity contribution in [1.29, 1.82) is 0 Å². The zero-order valence-corrected chi connectivity index (χ0v) is 21.1. The number of hydrogen-bond donors (Lipinski definition) is 0. The van der Waals surface area contributed by atoms with E-state index in [0.29, 0.717) is 19.8 Å². The van der Waals surface area contributed by atoms with Gasteiger partial charge in [-0.05, 0) is 24.6 Å². The number of hydrogen-bond acceptors (Lipinski definition) is 8. The summed E-state index contributed by atoms with van der Waals surface area (Å²) in [5.41, 5.74) is 5.84. The van der Waals surface area contributed by atoms with Crippen LogP contribution in [0.1, 0.15) is 16.8 Å². The van der Waals surface area contributed by atoms with Crippen LogP contribution in [0.25, 0.3) is 16.9 Å². The van der Waals surface area contributed by atoms with Crippen molar-refractivity contribution in [1.82, 2.24) is 19.6 Å². The van der Waals surface area contributed by atoms with Crippen molar-refractivity contribution in [2.45, 2.75) is 13.5 Å². The van der Waals surface area contributed by atoms with Crippen molar-refractivity contribution < 1.29 is 9.47 Å². The molecule has 2 fully saturated rings. The number of pyridine rings is 1. The lowest BCUT2D eigenvalue weighted by Gasteiger charge is -2.29. The van der Waals surface area contributed by atoms with Gasteiger partial charge in [-0.3, -0.25) is 4.99 Å². The van der Waals surface area contributed by atoms with Crippen LogP contribution in [0.5, 0.6) is 0 Å². The lowest BCUT2D eigenvalue weighted by atomic mass is 10.1. The van der Waals surface area contributed by atoms with Crippen molar-refractivity contribution >= 4 is 23.5 Å². The highest BCUT2D eigenvalue weighted by atomic mass is 16.5. The zero-order chi connectivity index (χ0) is 25.0. The van der Waals surface area contributed by atoms with E-state index in [1.54, 1.807) is 0 Å². The summed E-state index contributed by atoms with van der Waals surface area (Å²) in [5.74, 6) is 1.98. The highest BCUT2D eigenvalue weighted by Crippen LogP contribution is 2.25. The molecule has 2 saturated heterocycles. The molecule has 2 aliphatic rings. The second kappa shape index (κ2) is 10.7. The maximum absolute atomic E-state index is 5.59. The van der Waals surface area contributed by atoms with Crippen LogP contribution in [0, 0.1) is 6.92 Å². The topological polar surface area (TPSA) is 80.4 Å². The molecule has 4 aromatic rings. The molecule has 0 atom stereocenters. The van der Waals surface area contributed by atoms with E-state index in [1.165, 1.54) is 5.56 Å². The van der Waals surface area contributed by atoms with E-state index in [9.17, 15) is 0 Å². The van der Waals surface area contributed by atoms with Gasteiger partial charge < -0.3 is 19.3 Å². The highest BCUT2D eigenvalue weighted by molar-refractivity contribution is 5.79. The minimum Gasteiger partial charge on any atom is -0.378 e. The van der Waals surface area contributed by atoms with E-state index in [4.69, 9.17) is 24.5 Å². The molecule has 0 aliphatic carbocycles. The van der Waals surface area contributed by atoms with E-state index >= 15 is 0 Å². The SMILES string of the molecule is Cc1cccc(C=NCc2cc(N3CCOCC3)n3nc(-c4ccc(N5CCOCC5)nc4)cc3n2)c1. The second-order valence-corrected chi connectivity index (χ2v) is 9.39. The lowest BCUT2D eigenvalue weighted by molar-refractivity contribution is 0.122. The Morgan fingerprint density at radius 1 is 0.919 bits per heavy atom. The van der Waals surface area contributed by atoms with Crippen molar-refractivity contribution in [3.8, 4) is 11.3 Å². The number of benzene rings is 1. The first-order valence-electron chi connectivity index (χ1n) is 12.8. The summed E-state index contributed by atoms with van der Waals surface area (Å²) in [5, 5.41) is 4.94. The predicted octanol–water partition coefficient (Wildman–Crippen LogP) is 3.39. The summed E-state index contributed by atoms with van der Waals surface area (Å²) in [6.07, 6.45) is 3.81. The average Bonchev–Trinajstić information content (AvgIpc) is 3.38. The number of aryl methyl sites for hydroxylation is 1. The van der Waals surface area contributed by atoms with Crippen LogP contribution < -0.4 is 9.80 Å². The molecule has 2 aliphatic heterocycles. The van der Waals surface area contributed by atoms with Crippen LogP contribution in [-0.2, 0) is 16.0 Å². The third kappa shape index (κ3) is 5.33. The molecule has 37 heavy (non-hydrogen) atoms. The molecule has 0 saturated carbocycles. The fourth-order valence-electron chi connectivity index (χ4n) is 4.76. The van der Waals surface area contributed by atoms with E-state index in [1.807, 2.05) is 29.1 Å². The first-order valence-corrected chi connectivity index (χ1v) is 12.8. The molecule has 0 amide bonds. The summed E-state index contributed by atoms with van der Waals surface area (Å²) < 4.78 is 13.0. The van der Waals surface area contributed by atoms with Gasteiger partial charge in [0, 0.05) is 56.3 Å².